The van der Waals surface area contributed by atoms with E-state index in [0.717, 1.165) is 10.2 Å². The number of halogens is 1. The number of ketones is 1. The molecule has 2 nitrogen and oxygen atoms in total. The fourth-order valence-electron chi connectivity index (χ4n) is 1.71. The van der Waals surface area contributed by atoms with Crippen molar-refractivity contribution in [3.63, 3.8) is 0 Å². The minimum absolute atomic E-state index is 0.0350. The smallest absolute Gasteiger partial charge is 0.194 e. The number of benzene rings is 2. The van der Waals surface area contributed by atoms with Gasteiger partial charge in [-0.05, 0) is 36.4 Å². The largest absolute Gasteiger partial charge is 0.378 e. The van der Waals surface area contributed by atoms with Gasteiger partial charge in [0, 0.05) is 35.4 Å². The van der Waals surface area contributed by atoms with Crippen LogP contribution in [0.3, 0.4) is 0 Å². The lowest BCUT2D eigenvalue weighted by Gasteiger charge is -2.12. The molecule has 0 aliphatic heterocycles. The van der Waals surface area contributed by atoms with Gasteiger partial charge in [-0.25, -0.2) is 0 Å². The van der Waals surface area contributed by atoms with E-state index < -0.39 is 0 Å². The van der Waals surface area contributed by atoms with Gasteiger partial charge in [-0.3, -0.25) is 4.79 Å². The SMILES string of the molecule is CN(C)c1ccc(C(=O)c2ccccc2Br)cc1. The molecule has 2 rings (SSSR count). The van der Waals surface area contributed by atoms with Crippen molar-refractivity contribution in [3.8, 4) is 0 Å². The normalized spacial score (nSPS) is 10.2. The molecular weight excluding hydrogens is 290 g/mol. The molecule has 2 aromatic rings. The third-order valence-corrected chi connectivity index (χ3v) is 3.46. The van der Waals surface area contributed by atoms with Gasteiger partial charge in [0.15, 0.2) is 5.78 Å². The topological polar surface area (TPSA) is 20.3 Å². The fourth-order valence-corrected chi connectivity index (χ4v) is 2.18. The van der Waals surface area contributed by atoms with Crippen molar-refractivity contribution < 1.29 is 4.79 Å². The van der Waals surface area contributed by atoms with Crippen LogP contribution >= 0.6 is 15.9 Å². The van der Waals surface area contributed by atoms with Gasteiger partial charge in [0.2, 0.25) is 0 Å². The van der Waals surface area contributed by atoms with Crippen LogP contribution in [0.15, 0.2) is 53.0 Å². The molecule has 0 atom stereocenters. The van der Waals surface area contributed by atoms with Gasteiger partial charge in [0.25, 0.3) is 0 Å². The second-order valence-electron chi connectivity index (χ2n) is 4.25. The van der Waals surface area contributed by atoms with E-state index in [1.54, 1.807) is 0 Å². The highest BCUT2D eigenvalue weighted by Gasteiger charge is 2.11. The molecule has 0 N–H and O–H groups in total. The van der Waals surface area contributed by atoms with Gasteiger partial charge < -0.3 is 4.90 Å². The van der Waals surface area contributed by atoms with Crippen molar-refractivity contribution in [1.82, 2.24) is 0 Å². The van der Waals surface area contributed by atoms with Crippen LogP contribution in [0.4, 0.5) is 5.69 Å². The van der Waals surface area contributed by atoms with Gasteiger partial charge in [0.1, 0.15) is 0 Å². The lowest BCUT2D eigenvalue weighted by atomic mass is 10.0. The molecule has 0 saturated carbocycles. The molecule has 0 spiro atoms. The molecule has 0 aliphatic carbocycles. The van der Waals surface area contributed by atoms with Crippen molar-refractivity contribution in [3.05, 3.63) is 64.1 Å². The van der Waals surface area contributed by atoms with E-state index in [1.165, 1.54) is 0 Å². The summed E-state index contributed by atoms with van der Waals surface area (Å²) in [6.45, 7) is 0. The number of anilines is 1. The molecule has 0 bridgehead atoms. The predicted octanol–water partition coefficient (Wildman–Crippen LogP) is 3.75. The number of rotatable bonds is 3. The first-order chi connectivity index (χ1) is 8.59. The molecule has 0 heterocycles. The molecular formula is C15H14BrNO. The van der Waals surface area contributed by atoms with E-state index in [1.807, 2.05) is 67.5 Å². The van der Waals surface area contributed by atoms with Crippen LogP contribution in [-0.4, -0.2) is 19.9 Å². The molecule has 0 aromatic heterocycles. The first-order valence-corrected chi connectivity index (χ1v) is 6.45. The van der Waals surface area contributed by atoms with Crippen molar-refractivity contribution in [1.29, 1.82) is 0 Å². The van der Waals surface area contributed by atoms with Gasteiger partial charge >= 0.3 is 0 Å². The Labute approximate surface area is 115 Å². The number of nitrogens with zero attached hydrogens (tertiary/aromatic N) is 1. The maximum absolute atomic E-state index is 12.3. The lowest BCUT2D eigenvalue weighted by Crippen LogP contribution is -2.09. The average molecular weight is 304 g/mol. The zero-order valence-corrected chi connectivity index (χ0v) is 11.9. The molecule has 3 heteroatoms. The maximum Gasteiger partial charge on any atom is 0.194 e. The van der Waals surface area contributed by atoms with E-state index in [4.69, 9.17) is 0 Å². The highest BCUT2D eigenvalue weighted by Crippen LogP contribution is 2.21. The van der Waals surface area contributed by atoms with Crippen LogP contribution in [-0.2, 0) is 0 Å². The minimum Gasteiger partial charge on any atom is -0.378 e. The quantitative estimate of drug-likeness (QED) is 0.805. The minimum atomic E-state index is 0.0350. The third-order valence-electron chi connectivity index (χ3n) is 2.76. The van der Waals surface area contributed by atoms with Crippen LogP contribution in [0.5, 0.6) is 0 Å². The number of hydrogen-bond acceptors (Lipinski definition) is 2. The van der Waals surface area contributed by atoms with Crippen molar-refractivity contribution >= 4 is 27.4 Å². The monoisotopic (exact) mass is 303 g/mol. The summed E-state index contributed by atoms with van der Waals surface area (Å²) in [5.41, 5.74) is 2.47. The average Bonchev–Trinajstić information content (AvgIpc) is 2.38. The summed E-state index contributed by atoms with van der Waals surface area (Å²) in [4.78, 5) is 14.3. The first kappa shape index (κ1) is 12.8. The van der Waals surface area contributed by atoms with E-state index in [-0.39, 0.29) is 5.78 Å². The van der Waals surface area contributed by atoms with Crippen LogP contribution in [0.2, 0.25) is 0 Å². The Hall–Kier alpha value is -1.61. The zero-order valence-electron chi connectivity index (χ0n) is 10.4. The van der Waals surface area contributed by atoms with Crippen LogP contribution < -0.4 is 4.90 Å². The molecule has 0 fully saturated rings. The molecule has 0 amide bonds. The second kappa shape index (κ2) is 5.36. The fraction of sp³-hybridized carbons (Fsp3) is 0.133. The summed E-state index contributed by atoms with van der Waals surface area (Å²) in [5.74, 6) is 0.0350. The van der Waals surface area contributed by atoms with Gasteiger partial charge in [-0.15, -0.1) is 0 Å². The van der Waals surface area contributed by atoms with Gasteiger partial charge in [-0.2, -0.15) is 0 Å². The Kier molecular flexibility index (Phi) is 3.82. The number of carbonyl (C=O) groups is 1. The van der Waals surface area contributed by atoms with Crippen molar-refractivity contribution in [2.75, 3.05) is 19.0 Å². The summed E-state index contributed by atoms with van der Waals surface area (Å²) < 4.78 is 0.826. The summed E-state index contributed by atoms with van der Waals surface area (Å²) in [7, 11) is 3.95. The first-order valence-electron chi connectivity index (χ1n) is 5.66. The van der Waals surface area contributed by atoms with E-state index >= 15 is 0 Å². The number of carbonyl (C=O) groups excluding carboxylic acids is 1. The Bertz CT molecular complexity index is 561. The third kappa shape index (κ3) is 2.62. The van der Waals surface area contributed by atoms with Crippen LogP contribution in [0, 0.1) is 0 Å². The molecule has 18 heavy (non-hydrogen) atoms. The Morgan fingerprint density at radius 3 is 2.17 bits per heavy atom. The summed E-state index contributed by atoms with van der Waals surface area (Å²) in [6.07, 6.45) is 0. The van der Waals surface area contributed by atoms with E-state index in [0.29, 0.717) is 11.1 Å². The van der Waals surface area contributed by atoms with E-state index in [2.05, 4.69) is 15.9 Å². The summed E-state index contributed by atoms with van der Waals surface area (Å²) in [6, 6.07) is 15.1. The van der Waals surface area contributed by atoms with Crippen LogP contribution in [0.1, 0.15) is 15.9 Å². The standard InChI is InChI=1S/C15H14BrNO/c1-17(2)12-9-7-11(8-10-12)15(18)13-5-3-4-6-14(13)16/h3-10H,1-2H3. The van der Waals surface area contributed by atoms with Gasteiger partial charge in [0.05, 0.1) is 0 Å². The Balaban J connectivity index is 2.32. The van der Waals surface area contributed by atoms with Crippen molar-refractivity contribution in [2.24, 2.45) is 0 Å². The number of hydrogen-bond donors (Lipinski definition) is 0. The van der Waals surface area contributed by atoms with Gasteiger partial charge in [-0.1, -0.05) is 28.1 Å². The summed E-state index contributed by atoms with van der Waals surface area (Å²) >= 11 is 3.40. The summed E-state index contributed by atoms with van der Waals surface area (Å²) in [5, 5.41) is 0. The zero-order chi connectivity index (χ0) is 13.1. The molecule has 0 radical (unpaired) electrons. The molecule has 2 aromatic carbocycles. The van der Waals surface area contributed by atoms with Crippen molar-refractivity contribution in [2.45, 2.75) is 0 Å². The van der Waals surface area contributed by atoms with E-state index in [9.17, 15) is 4.79 Å². The molecule has 0 saturated heterocycles. The maximum atomic E-state index is 12.3. The second-order valence-corrected chi connectivity index (χ2v) is 5.10. The predicted molar refractivity (Wildman–Crippen MR) is 78.3 cm³/mol. The lowest BCUT2D eigenvalue weighted by molar-refractivity contribution is 0.103. The molecule has 0 aliphatic rings. The van der Waals surface area contributed by atoms with Crippen LogP contribution in [0.25, 0.3) is 0 Å². The Morgan fingerprint density at radius 2 is 1.61 bits per heavy atom. The highest BCUT2D eigenvalue weighted by atomic mass is 79.9. The molecule has 92 valence electrons. The Morgan fingerprint density at radius 1 is 1.00 bits per heavy atom. The molecule has 0 unspecified atom stereocenters. The highest BCUT2D eigenvalue weighted by molar-refractivity contribution is 9.10.